The van der Waals surface area contributed by atoms with Crippen LogP contribution in [-0.2, 0) is 9.47 Å². The fraction of sp³-hybridized carbons (Fsp3) is 0.214. The average Bonchev–Trinajstić information content (AvgIpc) is 2.86. The fourth-order valence-corrected chi connectivity index (χ4v) is 10.3. The van der Waals surface area contributed by atoms with Crippen molar-refractivity contribution >= 4 is 49.1 Å². The monoisotopic (exact) mass is 456 g/mol. The lowest BCUT2D eigenvalue weighted by Crippen LogP contribution is -2.49. The van der Waals surface area contributed by atoms with E-state index < -0.39 is 17.6 Å². The first-order chi connectivity index (χ1) is 15.8. The van der Waals surface area contributed by atoms with Crippen LogP contribution in [0.1, 0.15) is 13.8 Å². The number of ether oxygens (including phenoxy) is 2. The molecule has 0 radical (unpaired) electrons. The highest BCUT2D eigenvalue weighted by molar-refractivity contribution is 6.88. The third-order valence-electron chi connectivity index (χ3n) is 6.12. The molecule has 0 bridgehead atoms. The van der Waals surface area contributed by atoms with Gasteiger partial charge in [0.25, 0.3) is 0 Å². The Balaban J connectivity index is 1.84. The second-order valence-electron chi connectivity index (χ2n) is 8.04. The van der Waals surface area contributed by atoms with Crippen LogP contribution in [0.4, 0.5) is 0 Å². The highest BCUT2D eigenvalue weighted by Gasteiger charge is 2.23. The van der Waals surface area contributed by atoms with Gasteiger partial charge in [-0.05, 0) is 35.0 Å². The number of hydrogen-bond donors (Lipinski definition) is 0. The minimum Gasteiger partial charge on any atom is -0.385 e. The topological polar surface area (TPSA) is 18.5 Å². The first-order valence-corrected chi connectivity index (χ1v) is 15.5. The maximum absolute atomic E-state index is 6.00. The summed E-state index contributed by atoms with van der Waals surface area (Å²) in [6.07, 6.45) is 1.64. The van der Waals surface area contributed by atoms with E-state index in [1.807, 2.05) is 0 Å². The Morgan fingerprint density at radius 1 is 0.500 bits per heavy atom. The molecule has 0 N–H and O–H groups in total. The molecule has 0 saturated carbocycles. The van der Waals surface area contributed by atoms with Gasteiger partial charge in [-0.1, -0.05) is 107 Å². The van der Waals surface area contributed by atoms with E-state index in [9.17, 15) is 0 Å². The molecular formula is C28H32O2Si2. The van der Waals surface area contributed by atoms with Crippen LogP contribution in [-0.4, -0.2) is 43.3 Å². The number of benzene rings is 4. The zero-order valence-electron chi connectivity index (χ0n) is 19.0. The first kappa shape index (κ1) is 22.7. The summed E-state index contributed by atoms with van der Waals surface area (Å²) in [5.41, 5.74) is 0. The van der Waals surface area contributed by atoms with E-state index >= 15 is 0 Å². The van der Waals surface area contributed by atoms with Crippen LogP contribution in [0, 0.1) is 0 Å². The van der Waals surface area contributed by atoms with E-state index in [1.54, 1.807) is 0 Å². The number of hydrogen-bond acceptors (Lipinski definition) is 2. The zero-order chi connectivity index (χ0) is 22.2. The molecule has 0 aliphatic carbocycles. The molecule has 0 heterocycles. The van der Waals surface area contributed by atoms with Gasteiger partial charge in [0.15, 0.2) is 0 Å². The van der Waals surface area contributed by atoms with Gasteiger partial charge in [0.1, 0.15) is 17.6 Å². The summed E-state index contributed by atoms with van der Waals surface area (Å²) < 4.78 is 12.0. The SMILES string of the molecule is CCOC[SiH](c1ccccc1)c1cccc2c([SiH](COCC)c3ccccc3)cccc12. The predicted molar refractivity (Wildman–Crippen MR) is 143 cm³/mol. The lowest BCUT2D eigenvalue weighted by Gasteiger charge is -2.22. The summed E-state index contributed by atoms with van der Waals surface area (Å²) in [4.78, 5) is 0. The third-order valence-corrected chi connectivity index (χ3v) is 12.1. The van der Waals surface area contributed by atoms with Crippen LogP contribution >= 0.6 is 0 Å². The highest BCUT2D eigenvalue weighted by atomic mass is 28.3. The third kappa shape index (κ3) is 5.10. The van der Waals surface area contributed by atoms with Crippen molar-refractivity contribution < 1.29 is 9.47 Å². The van der Waals surface area contributed by atoms with Crippen LogP contribution in [0.25, 0.3) is 10.8 Å². The quantitative estimate of drug-likeness (QED) is 0.342. The second kappa shape index (κ2) is 11.4. The molecule has 0 saturated heterocycles. The lowest BCUT2D eigenvalue weighted by molar-refractivity contribution is 0.192. The summed E-state index contributed by atoms with van der Waals surface area (Å²) >= 11 is 0. The molecule has 32 heavy (non-hydrogen) atoms. The molecule has 2 unspecified atom stereocenters. The van der Waals surface area contributed by atoms with Gasteiger partial charge in [0.2, 0.25) is 0 Å². The van der Waals surface area contributed by atoms with E-state index in [0.29, 0.717) is 0 Å². The van der Waals surface area contributed by atoms with Crippen LogP contribution < -0.4 is 20.7 Å². The minimum absolute atomic E-state index is 0.754. The Kier molecular flexibility index (Phi) is 8.07. The van der Waals surface area contributed by atoms with E-state index in [0.717, 1.165) is 25.7 Å². The Morgan fingerprint density at radius 2 is 0.906 bits per heavy atom. The molecule has 4 aromatic carbocycles. The van der Waals surface area contributed by atoms with Crippen molar-refractivity contribution in [3.05, 3.63) is 97.1 Å². The molecule has 0 aliphatic heterocycles. The lowest BCUT2D eigenvalue weighted by atomic mass is 10.1. The van der Waals surface area contributed by atoms with Crippen molar-refractivity contribution in [2.24, 2.45) is 0 Å². The predicted octanol–water partition coefficient (Wildman–Crippen LogP) is 2.67. The van der Waals surface area contributed by atoms with Gasteiger partial charge in [-0.3, -0.25) is 0 Å². The smallest absolute Gasteiger partial charge is 0.131 e. The van der Waals surface area contributed by atoms with Gasteiger partial charge in [-0.25, -0.2) is 0 Å². The van der Waals surface area contributed by atoms with E-state index in [2.05, 4.69) is 111 Å². The molecule has 4 aromatic rings. The van der Waals surface area contributed by atoms with Gasteiger partial charge in [-0.15, -0.1) is 0 Å². The molecule has 4 heteroatoms. The normalized spacial score (nSPS) is 13.2. The van der Waals surface area contributed by atoms with Gasteiger partial charge in [0, 0.05) is 25.7 Å². The summed E-state index contributed by atoms with van der Waals surface area (Å²) in [6.45, 7) is 5.68. The molecular weight excluding hydrogens is 424 g/mol. The maximum Gasteiger partial charge on any atom is 0.131 e. The molecule has 164 valence electrons. The molecule has 0 aromatic heterocycles. The van der Waals surface area contributed by atoms with Gasteiger partial charge in [-0.2, -0.15) is 0 Å². The van der Waals surface area contributed by atoms with Crippen molar-refractivity contribution in [2.75, 3.05) is 25.7 Å². The zero-order valence-corrected chi connectivity index (χ0v) is 21.3. The molecule has 0 fully saturated rings. The van der Waals surface area contributed by atoms with Crippen molar-refractivity contribution in [1.82, 2.24) is 0 Å². The molecule has 0 aliphatic rings. The van der Waals surface area contributed by atoms with Crippen LogP contribution in [0.2, 0.25) is 0 Å². The molecule has 4 rings (SSSR count). The van der Waals surface area contributed by atoms with Crippen LogP contribution in [0.5, 0.6) is 0 Å². The average molecular weight is 457 g/mol. The van der Waals surface area contributed by atoms with Crippen LogP contribution in [0.3, 0.4) is 0 Å². The van der Waals surface area contributed by atoms with E-state index in [-0.39, 0.29) is 0 Å². The first-order valence-electron chi connectivity index (χ1n) is 11.6. The van der Waals surface area contributed by atoms with E-state index in [1.165, 1.54) is 31.5 Å². The molecule has 2 nitrogen and oxygen atoms in total. The molecule has 0 amide bonds. The Bertz CT molecular complexity index is 1030. The summed E-state index contributed by atoms with van der Waals surface area (Å²) in [6, 6.07) is 35.6. The summed E-state index contributed by atoms with van der Waals surface area (Å²) in [5, 5.41) is 8.59. The number of fused-ring (bicyclic) bond motifs is 1. The Labute approximate surface area is 195 Å². The van der Waals surface area contributed by atoms with Crippen molar-refractivity contribution in [2.45, 2.75) is 13.8 Å². The largest absolute Gasteiger partial charge is 0.385 e. The second-order valence-corrected chi connectivity index (χ2v) is 13.5. The van der Waals surface area contributed by atoms with E-state index in [4.69, 9.17) is 9.47 Å². The summed E-state index contributed by atoms with van der Waals surface area (Å²) in [7, 11) is -3.01. The standard InChI is InChI=1S/C28H32O2Si2/c1-3-29-21-31(23-13-7-5-8-14-23)27-19-11-18-26-25(27)17-12-20-28(26)32(22-30-4-2)24-15-9-6-10-16-24/h5-20,31-32H,3-4,21-22H2,1-2H3. The Hall–Kier alpha value is -2.51. The van der Waals surface area contributed by atoms with Crippen molar-refractivity contribution in [3.8, 4) is 0 Å². The van der Waals surface area contributed by atoms with Crippen molar-refractivity contribution in [3.63, 3.8) is 0 Å². The highest BCUT2D eigenvalue weighted by Crippen LogP contribution is 2.13. The minimum atomic E-state index is -1.50. The van der Waals surface area contributed by atoms with Gasteiger partial charge >= 0.3 is 0 Å². The summed E-state index contributed by atoms with van der Waals surface area (Å²) in [5.74, 6) is 0. The van der Waals surface area contributed by atoms with Gasteiger partial charge in [0.05, 0.1) is 0 Å². The molecule has 0 spiro atoms. The van der Waals surface area contributed by atoms with Gasteiger partial charge < -0.3 is 9.47 Å². The van der Waals surface area contributed by atoms with Crippen molar-refractivity contribution in [1.29, 1.82) is 0 Å². The maximum atomic E-state index is 6.00. The molecule has 2 atom stereocenters. The number of rotatable bonds is 10. The van der Waals surface area contributed by atoms with Crippen LogP contribution in [0.15, 0.2) is 97.1 Å². The fourth-order valence-electron chi connectivity index (χ4n) is 4.54. The Morgan fingerprint density at radius 3 is 1.28 bits per heavy atom.